The second-order valence-corrected chi connectivity index (χ2v) is 8.51. The van der Waals surface area contributed by atoms with Crippen LogP contribution < -0.4 is 16.2 Å². The van der Waals surface area contributed by atoms with Gasteiger partial charge in [0.25, 0.3) is 17.4 Å². The fraction of sp³-hybridized carbons (Fsp3) is 0.0714. The lowest BCUT2D eigenvalue weighted by Gasteiger charge is -2.08. The molecule has 1 aliphatic heterocycles. The Hall–Kier alpha value is -5.12. The molecule has 2 aromatic carbocycles. The van der Waals surface area contributed by atoms with Gasteiger partial charge in [0.05, 0.1) is 12.1 Å². The normalized spacial score (nSPS) is 13.6. The van der Waals surface area contributed by atoms with Crippen LogP contribution in [-0.2, 0) is 11.3 Å². The number of fused-ring (bicyclic) bond motifs is 1. The first-order valence-corrected chi connectivity index (χ1v) is 11.6. The number of carbonyl (C=O) groups excluding carboxylic acids is 2. The summed E-state index contributed by atoms with van der Waals surface area (Å²) in [7, 11) is 0. The summed E-state index contributed by atoms with van der Waals surface area (Å²) < 4.78 is 27.8. The standard InChI is InChI=1S/C28H21F2N5O3/c29-22-8-6-18(13-23(22)30)16-35-12-11-32-25(28(35)38)27(37)33-10-1-3-17-5-7-20-21(15-19-4-2-9-31-19)26(36)34-24(20)14-17/h1-9,11-15,31H,10,16H2,(H,33,37)(H,34,36)/b3-1+,21-15+. The first-order valence-electron chi connectivity index (χ1n) is 11.6. The molecule has 4 aromatic rings. The zero-order valence-corrected chi connectivity index (χ0v) is 19.9. The number of nitrogens with one attached hydrogen (secondary N) is 3. The Morgan fingerprint density at radius 1 is 1.08 bits per heavy atom. The van der Waals surface area contributed by atoms with Gasteiger partial charge in [0.15, 0.2) is 17.3 Å². The summed E-state index contributed by atoms with van der Waals surface area (Å²) in [5.74, 6) is -2.86. The van der Waals surface area contributed by atoms with E-state index in [9.17, 15) is 23.2 Å². The quantitative estimate of drug-likeness (QED) is 0.326. The molecule has 1 aliphatic rings. The Bertz CT molecular complexity index is 1660. The molecule has 5 rings (SSSR count). The van der Waals surface area contributed by atoms with Gasteiger partial charge < -0.3 is 20.2 Å². The van der Waals surface area contributed by atoms with Crippen molar-refractivity contribution in [3.63, 3.8) is 0 Å². The number of amides is 2. The van der Waals surface area contributed by atoms with Gasteiger partial charge in [-0.3, -0.25) is 14.4 Å². The van der Waals surface area contributed by atoms with Crippen LogP contribution in [0.15, 0.2) is 78.0 Å². The third-order valence-corrected chi connectivity index (χ3v) is 5.90. The van der Waals surface area contributed by atoms with Gasteiger partial charge in [-0.2, -0.15) is 0 Å². The van der Waals surface area contributed by atoms with E-state index in [1.165, 1.54) is 23.0 Å². The van der Waals surface area contributed by atoms with Crippen molar-refractivity contribution in [2.45, 2.75) is 6.54 Å². The number of aromatic amines is 1. The first kappa shape index (κ1) is 24.6. The van der Waals surface area contributed by atoms with Gasteiger partial charge >= 0.3 is 0 Å². The van der Waals surface area contributed by atoms with Crippen molar-refractivity contribution >= 4 is 35.2 Å². The molecule has 0 saturated carbocycles. The third kappa shape index (κ3) is 5.19. The van der Waals surface area contributed by atoms with Crippen molar-refractivity contribution in [2.75, 3.05) is 11.9 Å². The average Bonchev–Trinajstić information content (AvgIpc) is 3.53. The predicted molar refractivity (Wildman–Crippen MR) is 139 cm³/mol. The molecule has 0 unspecified atom stereocenters. The van der Waals surface area contributed by atoms with Crippen LogP contribution in [0, 0.1) is 11.6 Å². The van der Waals surface area contributed by atoms with Crippen LogP contribution in [0.25, 0.3) is 17.7 Å². The Balaban J connectivity index is 1.22. The minimum absolute atomic E-state index is 0.0461. The predicted octanol–water partition coefficient (Wildman–Crippen LogP) is 3.83. The Morgan fingerprint density at radius 2 is 1.95 bits per heavy atom. The van der Waals surface area contributed by atoms with E-state index in [0.29, 0.717) is 16.8 Å². The van der Waals surface area contributed by atoms with Crippen LogP contribution in [0.1, 0.15) is 32.9 Å². The van der Waals surface area contributed by atoms with Crippen LogP contribution >= 0.6 is 0 Å². The molecule has 38 heavy (non-hydrogen) atoms. The topological polar surface area (TPSA) is 109 Å². The Kier molecular flexibility index (Phi) is 6.77. The molecule has 0 saturated heterocycles. The Morgan fingerprint density at radius 3 is 2.74 bits per heavy atom. The van der Waals surface area contributed by atoms with E-state index in [0.717, 1.165) is 29.0 Å². The zero-order valence-electron chi connectivity index (χ0n) is 19.9. The van der Waals surface area contributed by atoms with Crippen LogP contribution in [-0.4, -0.2) is 32.9 Å². The number of nitrogens with zero attached hydrogens (tertiary/aromatic N) is 2. The van der Waals surface area contributed by atoms with E-state index in [4.69, 9.17) is 0 Å². The molecule has 0 fully saturated rings. The van der Waals surface area contributed by atoms with E-state index in [1.807, 2.05) is 30.3 Å². The van der Waals surface area contributed by atoms with Gasteiger partial charge in [0.2, 0.25) is 0 Å². The lowest BCUT2D eigenvalue weighted by atomic mass is 10.0. The number of carbonyl (C=O) groups is 2. The first-order chi connectivity index (χ1) is 18.4. The third-order valence-electron chi connectivity index (χ3n) is 5.90. The summed E-state index contributed by atoms with van der Waals surface area (Å²) in [5.41, 5.74) is 3.08. The lowest BCUT2D eigenvalue weighted by molar-refractivity contribution is -0.110. The molecular weight excluding hydrogens is 492 g/mol. The molecule has 10 heteroatoms. The van der Waals surface area contributed by atoms with Crippen LogP contribution in [0.5, 0.6) is 0 Å². The molecule has 0 aliphatic carbocycles. The van der Waals surface area contributed by atoms with Crippen molar-refractivity contribution in [3.8, 4) is 0 Å². The molecular formula is C28H21F2N5O3. The number of anilines is 1. The summed E-state index contributed by atoms with van der Waals surface area (Å²) in [6, 6.07) is 12.6. The van der Waals surface area contributed by atoms with Crippen LogP contribution in [0.2, 0.25) is 0 Å². The van der Waals surface area contributed by atoms with Gasteiger partial charge in [-0.25, -0.2) is 13.8 Å². The highest BCUT2D eigenvalue weighted by Crippen LogP contribution is 2.33. The van der Waals surface area contributed by atoms with Gasteiger partial charge in [-0.05, 0) is 47.5 Å². The average molecular weight is 514 g/mol. The van der Waals surface area contributed by atoms with Gasteiger partial charge in [-0.15, -0.1) is 0 Å². The van der Waals surface area contributed by atoms with Crippen molar-refractivity contribution in [1.82, 2.24) is 19.9 Å². The molecule has 8 nitrogen and oxygen atoms in total. The molecule has 3 heterocycles. The largest absolute Gasteiger partial charge is 0.362 e. The maximum absolute atomic E-state index is 13.5. The van der Waals surface area contributed by atoms with Gasteiger partial charge in [0.1, 0.15) is 0 Å². The van der Waals surface area contributed by atoms with Crippen molar-refractivity contribution < 1.29 is 18.4 Å². The van der Waals surface area contributed by atoms with Crippen molar-refractivity contribution in [2.24, 2.45) is 0 Å². The summed E-state index contributed by atoms with van der Waals surface area (Å²) in [5, 5.41) is 5.47. The van der Waals surface area contributed by atoms with Crippen LogP contribution in [0.4, 0.5) is 14.5 Å². The number of hydrogen-bond acceptors (Lipinski definition) is 4. The second-order valence-electron chi connectivity index (χ2n) is 8.51. The summed E-state index contributed by atoms with van der Waals surface area (Å²) in [6.07, 6.45) is 9.71. The molecule has 3 N–H and O–H groups in total. The van der Waals surface area contributed by atoms with Crippen molar-refractivity contribution in [1.29, 1.82) is 0 Å². The minimum Gasteiger partial charge on any atom is -0.362 e. The number of hydrogen-bond donors (Lipinski definition) is 3. The number of halogens is 2. The highest BCUT2D eigenvalue weighted by Gasteiger charge is 2.24. The van der Waals surface area contributed by atoms with E-state index in [1.54, 1.807) is 24.4 Å². The molecule has 2 amide bonds. The zero-order chi connectivity index (χ0) is 26.6. The molecule has 0 radical (unpaired) electrons. The van der Waals surface area contributed by atoms with E-state index in [-0.39, 0.29) is 24.7 Å². The maximum atomic E-state index is 13.5. The molecule has 190 valence electrons. The number of H-pyrrole nitrogens is 1. The van der Waals surface area contributed by atoms with Crippen LogP contribution in [0.3, 0.4) is 0 Å². The second kappa shape index (κ2) is 10.5. The molecule has 0 bridgehead atoms. The molecule has 0 atom stereocenters. The monoisotopic (exact) mass is 513 g/mol. The SMILES string of the molecule is O=C1Nc2cc(/C=C/CNC(=O)c3nccn(Cc4ccc(F)c(F)c4)c3=O)ccc2/C1=C\c1ccc[nH]1. The van der Waals surface area contributed by atoms with Gasteiger partial charge in [-0.1, -0.05) is 30.4 Å². The fourth-order valence-electron chi connectivity index (χ4n) is 4.04. The maximum Gasteiger partial charge on any atom is 0.282 e. The number of benzene rings is 2. The smallest absolute Gasteiger partial charge is 0.282 e. The highest BCUT2D eigenvalue weighted by atomic mass is 19.2. The van der Waals surface area contributed by atoms with Crippen molar-refractivity contribution in [3.05, 3.63) is 123 Å². The fourth-order valence-corrected chi connectivity index (χ4v) is 4.04. The Labute approximate surface area is 215 Å². The van der Waals surface area contributed by atoms with Gasteiger partial charge in [0, 0.05) is 42.1 Å². The van der Waals surface area contributed by atoms with E-state index in [2.05, 4.69) is 20.6 Å². The highest BCUT2D eigenvalue weighted by molar-refractivity contribution is 6.34. The molecule has 2 aromatic heterocycles. The summed E-state index contributed by atoms with van der Waals surface area (Å²) in [4.78, 5) is 44.6. The van der Waals surface area contributed by atoms with E-state index >= 15 is 0 Å². The lowest BCUT2D eigenvalue weighted by Crippen LogP contribution is -2.34. The number of aromatic nitrogens is 3. The number of rotatable bonds is 7. The molecule has 0 spiro atoms. The summed E-state index contributed by atoms with van der Waals surface area (Å²) in [6.45, 7) is 0.0783. The summed E-state index contributed by atoms with van der Waals surface area (Å²) >= 11 is 0. The van der Waals surface area contributed by atoms with E-state index < -0.39 is 23.1 Å². The minimum atomic E-state index is -1.02.